The van der Waals surface area contributed by atoms with E-state index < -0.39 is 7.37 Å². The second kappa shape index (κ2) is 7.87. The van der Waals surface area contributed by atoms with E-state index in [2.05, 4.69) is 0 Å². The van der Waals surface area contributed by atoms with Gasteiger partial charge in [0, 0.05) is 6.16 Å². The molecule has 1 N–H and O–H groups in total. The fraction of sp³-hybridized carbons (Fsp3) is 0.250. The van der Waals surface area contributed by atoms with Crippen molar-refractivity contribution >= 4 is 7.37 Å². The summed E-state index contributed by atoms with van der Waals surface area (Å²) in [5.41, 5.74) is 0. The first-order valence-corrected chi connectivity index (χ1v) is 8.85. The first-order valence-electron chi connectivity index (χ1n) is 6.82. The van der Waals surface area contributed by atoms with Crippen LogP contribution in [0.5, 0.6) is 11.5 Å². The highest BCUT2D eigenvalue weighted by molar-refractivity contribution is 7.57. The number of hydrogen-bond acceptors (Lipinski definition) is 3. The lowest BCUT2D eigenvalue weighted by Crippen LogP contribution is -2.05. The Morgan fingerprint density at radius 3 is 1.95 bits per heavy atom. The van der Waals surface area contributed by atoms with Crippen LogP contribution in [0.4, 0.5) is 0 Å². The van der Waals surface area contributed by atoms with E-state index in [1.54, 1.807) is 12.1 Å². The molecule has 4 nitrogen and oxygen atoms in total. The molecule has 0 saturated heterocycles. The van der Waals surface area contributed by atoms with Crippen molar-refractivity contribution in [1.82, 2.24) is 0 Å². The Hall–Kier alpha value is -1.77. The van der Waals surface area contributed by atoms with Gasteiger partial charge in [0.05, 0.1) is 6.61 Å². The fourth-order valence-electron chi connectivity index (χ4n) is 1.78. The number of rotatable bonds is 8. The molecular weight excluding hydrogens is 287 g/mol. The van der Waals surface area contributed by atoms with E-state index in [0.29, 0.717) is 18.8 Å². The second-order valence-corrected chi connectivity index (χ2v) is 7.07. The summed E-state index contributed by atoms with van der Waals surface area (Å²) in [6.07, 6.45) is 0.538. The number of para-hydroxylation sites is 2. The fourth-order valence-corrected chi connectivity index (χ4v) is 2.88. The molecule has 0 spiro atoms. The summed E-state index contributed by atoms with van der Waals surface area (Å²) in [7, 11) is -3.28. The molecule has 2 rings (SSSR count). The van der Waals surface area contributed by atoms with E-state index in [1.807, 2.05) is 48.5 Å². The Morgan fingerprint density at radius 2 is 1.38 bits per heavy atom. The summed E-state index contributed by atoms with van der Waals surface area (Å²) in [5.74, 6) is 1.37. The van der Waals surface area contributed by atoms with Crippen molar-refractivity contribution in [3.05, 3.63) is 60.7 Å². The molecule has 0 fully saturated rings. The molecule has 2 aromatic carbocycles. The van der Waals surface area contributed by atoms with E-state index in [9.17, 15) is 9.46 Å². The molecule has 2 aromatic rings. The molecule has 5 heteroatoms. The Balaban J connectivity index is 1.68. The monoisotopic (exact) mass is 306 g/mol. The average molecular weight is 306 g/mol. The van der Waals surface area contributed by atoms with E-state index in [1.165, 1.54) is 0 Å². The quantitative estimate of drug-likeness (QED) is 0.596. The van der Waals surface area contributed by atoms with E-state index in [0.717, 1.165) is 5.75 Å². The van der Waals surface area contributed by atoms with Crippen LogP contribution in [0, 0.1) is 0 Å². The van der Waals surface area contributed by atoms with Gasteiger partial charge in [-0.2, -0.15) is 0 Å². The molecule has 1 atom stereocenters. The summed E-state index contributed by atoms with van der Waals surface area (Å²) in [5, 5.41) is 0. The summed E-state index contributed by atoms with van der Waals surface area (Å²) in [6, 6.07) is 18.4. The first-order chi connectivity index (χ1) is 10.2. The molecule has 0 aliphatic heterocycles. The van der Waals surface area contributed by atoms with Gasteiger partial charge >= 0.3 is 0 Å². The van der Waals surface area contributed by atoms with Crippen molar-refractivity contribution in [3.63, 3.8) is 0 Å². The lowest BCUT2D eigenvalue weighted by molar-refractivity contribution is 0.311. The highest BCUT2D eigenvalue weighted by Crippen LogP contribution is 2.41. The van der Waals surface area contributed by atoms with Crippen LogP contribution in [0.1, 0.15) is 6.42 Å². The maximum absolute atomic E-state index is 12.0. The predicted molar refractivity (Wildman–Crippen MR) is 83.2 cm³/mol. The summed E-state index contributed by atoms with van der Waals surface area (Å²) >= 11 is 0. The Morgan fingerprint density at radius 1 is 0.857 bits per heavy atom. The van der Waals surface area contributed by atoms with Crippen LogP contribution in [0.2, 0.25) is 0 Å². The zero-order chi connectivity index (χ0) is 15.0. The van der Waals surface area contributed by atoms with Gasteiger partial charge < -0.3 is 14.4 Å². The van der Waals surface area contributed by atoms with Gasteiger partial charge in [-0.1, -0.05) is 36.4 Å². The van der Waals surface area contributed by atoms with Gasteiger partial charge in [0.15, 0.2) is 6.35 Å². The zero-order valence-corrected chi connectivity index (χ0v) is 12.6. The molecule has 0 radical (unpaired) electrons. The highest BCUT2D eigenvalue weighted by atomic mass is 31.2. The Labute approximate surface area is 124 Å². The molecule has 1 unspecified atom stereocenters. The van der Waals surface area contributed by atoms with Crippen LogP contribution in [0.15, 0.2) is 60.7 Å². The third kappa shape index (κ3) is 6.03. The maximum atomic E-state index is 12.0. The molecule has 21 heavy (non-hydrogen) atoms. The predicted octanol–water partition coefficient (Wildman–Crippen LogP) is 3.76. The van der Waals surface area contributed by atoms with Gasteiger partial charge in [-0.25, -0.2) is 0 Å². The molecule has 0 heterocycles. The molecular formula is C16H19O4P. The van der Waals surface area contributed by atoms with Gasteiger partial charge in [-0.15, -0.1) is 0 Å². The van der Waals surface area contributed by atoms with Gasteiger partial charge in [0.25, 0.3) is 0 Å². The van der Waals surface area contributed by atoms with Crippen LogP contribution in [-0.2, 0) is 4.57 Å². The molecule has 0 aromatic heterocycles. The molecule has 0 amide bonds. The standard InChI is InChI=1S/C16H19O4P/c17-21(18,14-20-16-10-5-2-6-11-16)13-7-12-19-15-8-3-1-4-9-15/h1-6,8-11H,7,12-14H2,(H,17,18). The Bertz CT molecular complexity index is 571. The average Bonchev–Trinajstić information content (AvgIpc) is 2.52. The van der Waals surface area contributed by atoms with E-state index in [4.69, 9.17) is 9.47 Å². The third-order valence-corrected chi connectivity index (χ3v) is 4.39. The molecule has 0 aliphatic carbocycles. The molecule has 112 valence electrons. The van der Waals surface area contributed by atoms with Crippen molar-refractivity contribution in [3.8, 4) is 11.5 Å². The van der Waals surface area contributed by atoms with Crippen LogP contribution in [0.25, 0.3) is 0 Å². The van der Waals surface area contributed by atoms with Gasteiger partial charge in [0.1, 0.15) is 11.5 Å². The smallest absolute Gasteiger partial charge is 0.237 e. The van der Waals surface area contributed by atoms with Gasteiger partial charge in [-0.3, -0.25) is 4.57 Å². The van der Waals surface area contributed by atoms with E-state index >= 15 is 0 Å². The molecule has 0 aliphatic rings. The minimum atomic E-state index is -3.28. The second-order valence-electron chi connectivity index (χ2n) is 4.67. The molecule has 0 saturated carbocycles. The van der Waals surface area contributed by atoms with Crippen LogP contribution in [0.3, 0.4) is 0 Å². The van der Waals surface area contributed by atoms with Gasteiger partial charge in [0.2, 0.25) is 7.37 Å². The van der Waals surface area contributed by atoms with Gasteiger partial charge in [-0.05, 0) is 30.7 Å². The third-order valence-electron chi connectivity index (χ3n) is 2.84. The lowest BCUT2D eigenvalue weighted by Gasteiger charge is -2.13. The Kier molecular flexibility index (Phi) is 5.85. The number of hydrogen-bond donors (Lipinski definition) is 1. The number of benzene rings is 2. The summed E-state index contributed by atoms with van der Waals surface area (Å²) in [4.78, 5) is 9.85. The van der Waals surface area contributed by atoms with Crippen molar-refractivity contribution in [2.75, 3.05) is 19.1 Å². The van der Waals surface area contributed by atoms with Crippen molar-refractivity contribution in [1.29, 1.82) is 0 Å². The first kappa shape index (κ1) is 15.6. The largest absolute Gasteiger partial charge is 0.494 e. The lowest BCUT2D eigenvalue weighted by atomic mass is 10.3. The van der Waals surface area contributed by atoms with Crippen molar-refractivity contribution in [2.24, 2.45) is 0 Å². The zero-order valence-electron chi connectivity index (χ0n) is 11.7. The van der Waals surface area contributed by atoms with Crippen LogP contribution < -0.4 is 9.47 Å². The minimum absolute atomic E-state index is 0.164. The highest BCUT2D eigenvalue weighted by Gasteiger charge is 2.18. The van der Waals surface area contributed by atoms with Crippen LogP contribution in [-0.4, -0.2) is 24.0 Å². The van der Waals surface area contributed by atoms with Crippen molar-refractivity contribution < 1.29 is 18.9 Å². The number of ether oxygens (including phenoxy) is 2. The summed E-state index contributed by atoms with van der Waals surface area (Å²) in [6.45, 7) is 0.417. The topological polar surface area (TPSA) is 55.8 Å². The molecule has 0 bridgehead atoms. The normalized spacial score (nSPS) is 13.4. The summed E-state index contributed by atoms with van der Waals surface area (Å²) < 4.78 is 22.8. The van der Waals surface area contributed by atoms with Crippen molar-refractivity contribution in [2.45, 2.75) is 6.42 Å². The SMILES string of the molecule is O=P(O)(CCCOc1ccccc1)COc1ccccc1. The van der Waals surface area contributed by atoms with Crippen LogP contribution >= 0.6 is 7.37 Å². The van der Waals surface area contributed by atoms with E-state index in [-0.39, 0.29) is 12.5 Å². The maximum Gasteiger partial charge on any atom is 0.237 e. The minimum Gasteiger partial charge on any atom is -0.494 e.